The van der Waals surface area contributed by atoms with Gasteiger partial charge in [0.2, 0.25) is 0 Å². The third-order valence-electron chi connectivity index (χ3n) is 11.8. The van der Waals surface area contributed by atoms with E-state index in [0.29, 0.717) is 0 Å². The summed E-state index contributed by atoms with van der Waals surface area (Å²) in [5, 5.41) is 3.58. The van der Waals surface area contributed by atoms with Gasteiger partial charge >= 0.3 is 0 Å². The number of nitrogens with zero attached hydrogens (tertiary/aromatic N) is 3. The number of para-hydroxylation sites is 3. The Bertz CT molecular complexity index is 3050. The SMILES string of the molecule is CCc1nc2ccccc2n1-c1ccc(-c2ccc(-c3nc4ccccc4c4c5c(ccc34)C(c3ccccc3)(c3ccccc3)c3ccccc3-5)cc2)cc1. The van der Waals surface area contributed by atoms with Crippen molar-refractivity contribution in [3.05, 3.63) is 222 Å². The van der Waals surface area contributed by atoms with E-state index < -0.39 is 5.41 Å². The van der Waals surface area contributed by atoms with Crippen molar-refractivity contribution in [3.63, 3.8) is 0 Å². The van der Waals surface area contributed by atoms with Crippen LogP contribution < -0.4 is 0 Å². The Balaban J connectivity index is 1.07. The molecule has 1 aliphatic rings. The maximum absolute atomic E-state index is 5.38. The number of hydrogen-bond donors (Lipinski definition) is 0. The Morgan fingerprint density at radius 2 is 1.05 bits per heavy atom. The Kier molecular flexibility index (Phi) is 7.36. The first-order chi connectivity index (χ1) is 27.7. The second kappa shape index (κ2) is 12.8. The summed E-state index contributed by atoms with van der Waals surface area (Å²) >= 11 is 0. The maximum Gasteiger partial charge on any atom is 0.114 e. The van der Waals surface area contributed by atoms with Crippen LogP contribution in [-0.4, -0.2) is 14.5 Å². The standard InChI is InChI=1S/C53H37N3/c1-2-49-54-47-23-13-14-24-48(47)56(49)40-31-29-36(30-32-40)35-25-27-37(28-26-35)52-43-33-34-45-51(50(43)42-20-10-12-22-46(42)55-52)41-19-9-11-21-44(41)53(45,38-15-5-3-6-16-38)39-17-7-4-8-18-39/h3-34H,2H2,1H3. The van der Waals surface area contributed by atoms with Crippen LogP contribution in [0.4, 0.5) is 0 Å². The van der Waals surface area contributed by atoms with Crippen LogP contribution in [-0.2, 0) is 11.8 Å². The van der Waals surface area contributed by atoms with Crippen LogP contribution in [0.15, 0.2) is 194 Å². The molecule has 0 radical (unpaired) electrons. The van der Waals surface area contributed by atoms with Gasteiger partial charge in [0.15, 0.2) is 0 Å². The molecule has 0 saturated carbocycles. The van der Waals surface area contributed by atoms with Gasteiger partial charge in [0, 0.05) is 33.8 Å². The van der Waals surface area contributed by atoms with Crippen LogP contribution in [0.3, 0.4) is 0 Å². The summed E-state index contributed by atoms with van der Waals surface area (Å²) in [5.41, 5.74) is 16.0. The number of aryl methyl sites for hydroxylation is 1. The summed E-state index contributed by atoms with van der Waals surface area (Å²) < 4.78 is 2.28. The zero-order valence-corrected chi connectivity index (χ0v) is 31.0. The molecule has 0 spiro atoms. The van der Waals surface area contributed by atoms with Gasteiger partial charge in [0.25, 0.3) is 0 Å². The molecule has 0 saturated heterocycles. The summed E-state index contributed by atoms with van der Waals surface area (Å²) in [4.78, 5) is 10.3. The average molecular weight is 716 g/mol. The van der Waals surface area contributed by atoms with Crippen molar-refractivity contribution in [1.29, 1.82) is 0 Å². The molecule has 0 unspecified atom stereocenters. The Labute approximate surface area is 326 Å². The largest absolute Gasteiger partial charge is 0.296 e. The minimum Gasteiger partial charge on any atom is -0.296 e. The zero-order chi connectivity index (χ0) is 37.2. The molecule has 10 aromatic rings. The first-order valence-electron chi connectivity index (χ1n) is 19.5. The van der Waals surface area contributed by atoms with Gasteiger partial charge < -0.3 is 0 Å². The third-order valence-corrected chi connectivity index (χ3v) is 11.8. The topological polar surface area (TPSA) is 30.7 Å². The van der Waals surface area contributed by atoms with Crippen molar-refractivity contribution in [2.45, 2.75) is 18.8 Å². The molecule has 0 bridgehead atoms. The number of fused-ring (bicyclic) bond motifs is 8. The fourth-order valence-corrected chi connectivity index (χ4v) is 9.42. The number of aromatic nitrogens is 3. The lowest BCUT2D eigenvalue weighted by Crippen LogP contribution is -2.28. The zero-order valence-electron chi connectivity index (χ0n) is 31.0. The van der Waals surface area contributed by atoms with E-state index in [2.05, 4.69) is 206 Å². The molecule has 0 amide bonds. The van der Waals surface area contributed by atoms with E-state index >= 15 is 0 Å². The van der Waals surface area contributed by atoms with E-state index in [1.54, 1.807) is 0 Å². The highest BCUT2D eigenvalue weighted by Crippen LogP contribution is 2.58. The van der Waals surface area contributed by atoms with Gasteiger partial charge in [-0.1, -0.05) is 171 Å². The van der Waals surface area contributed by atoms with Gasteiger partial charge in [-0.25, -0.2) is 9.97 Å². The third kappa shape index (κ3) is 4.71. The summed E-state index contributed by atoms with van der Waals surface area (Å²) in [7, 11) is 0. The van der Waals surface area contributed by atoms with Gasteiger partial charge in [-0.3, -0.25) is 4.57 Å². The van der Waals surface area contributed by atoms with E-state index in [0.717, 1.165) is 51.1 Å². The molecule has 0 atom stereocenters. The number of rotatable bonds is 6. The Morgan fingerprint density at radius 1 is 0.464 bits per heavy atom. The van der Waals surface area contributed by atoms with E-state index in [1.165, 1.54) is 55.3 Å². The van der Waals surface area contributed by atoms with Crippen LogP contribution >= 0.6 is 0 Å². The number of imidazole rings is 1. The fraction of sp³-hybridized carbons (Fsp3) is 0.0566. The number of hydrogen-bond acceptors (Lipinski definition) is 2. The molecule has 56 heavy (non-hydrogen) atoms. The molecular formula is C53H37N3. The molecule has 1 aliphatic carbocycles. The van der Waals surface area contributed by atoms with Crippen molar-refractivity contribution in [3.8, 4) is 39.2 Å². The van der Waals surface area contributed by atoms with Gasteiger partial charge in [0.05, 0.1) is 27.7 Å². The molecule has 3 heteroatoms. The number of pyridine rings is 1. The predicted octanol–water partition coefficient (Wildman–Crippen LogP) is 13.0. The van der Waals surface area contributed by atoms with Gasteiger partial charge in [-0.2, -0.15) is 0 Å². The quantitative estimate of drug-likeness (QED) is 0.161. The van der Waals surface area contributed by atoms with Crippen molar-refractivity contribution >= 4 is 32.7 Å². The first kappa shape index (κ1) is 32.3. The average Bonchev–Trinajstić information content (AvgIpc) is 3.81. The Morgan fingerprint density at radius 3 is 1.77 bits per heavy atom. The monoisotopic (exact) mass is 715 g/mol. The highest BCUT2D eigenvalue weighted by molar-refractivity contribution is 6.19. The van der Waals surface area contributed by atoms with Crippen LogP contribution in [0.1, 0.15) is 35.0 Å². The second-order valence-corrected chi connectivity index (χ2v) is 14.7. The fourth-order valence-electron chi connectivity index (χ4n) is 9.42. The van der Waals surface area contributed by atoms with Crippen molar-refractivity contribution in [1.82, 2.24) is 14.5 Å². The first-order valence-corrected chi connectivity index (χ1v) is 19.5. The lowest BCUT2D eigenvalue weighted by Gasteiger charge is -2.34. The van der Waals surface area contributed by atoms with Crippen molar-refractivity contribution in [2.75, 3.05) is 0 Å². The minimum atomic E-state index is -0.465. The molecule has 3 nitrogen and oxygen atoms in total. The molecule has 8 aromatic carbocycles. The molecular weight excluding hydrogens is 679 g/mol. The summed E-state index contributed by atoms with van der Waals surface area (Å²) in [6, 6.07) is 70.6. The summed E-state index contributed by atoms with van der Waals surface area (Å²) in [6.07, 6.45) is 0.867. The van der Waals surface area contributed by atoms with E-state index in [9.17, 15) is 0 Å². The normalized spacial score (nSPS) is 12.9. The highest BCUT2D eigenvalue weighted by Gasteiger charge is 2.46. The second-order valence-electron chi connectivity index (χ2n) is 14.7. The van der Waals surface area contributed by atoms with Gasteiger partial charge in [0.1, 0.15) is 5.82 Å². The summed E-state index contributed by atoms with van der Waals surface area (Å²) in [6.45, 7) is 2.16. The smallest absolute Gasteiger partial charge is 0.114 e. The lowest BCUT2D eigenvalue weighted by molar-refractivity contribution is 0.769. The van der Waals surface area contributed by atoms with Crippen LogP contribution in [0.5, 0.6) is 0 Å². The maximum atomic E-state index is 5.38. The molecule has 11 rings (SSSR count). The molecule has 264 valence electrons. The van der Waals surface area contributed by atoms with Gasteiger partial charge in [-0.05, 0) is 74.8 Å². The van der Waals surface area contributed by atoms with Crippen LogP contribution in [0, 0.1) is 0 Å². The van der Waals surface area contributed by atoms with E-state index in [1.807, 2.05) is 0 Å². The van der Waals surface area contributed by atoms with E-state index in [4.69, 9.17) is 9.97 Å². The van der Waals surface area contributed by atoms with Crippen molar-refractivity contribution < 1.29 is 0 Å². The minimum absolute atomic E-state index is 0.465. The molecule has 0 N–H and O–H groups in total. The molecule has 0 aliphatic heterocycles. The van der Waals surface area contributed by atoms with Crippen LogP contribution in [0.25, 0.3) is 71.9 Å². The molecule has 0 fully saturated rings. The van der Waals surface area contributed by atoms with Crippen LogP contribution in [0.2, 0.25) is 0 Å². The molecule has 2 aromatic heterocycles. The van der Waals surface area contributed by atoms with Gasteiger partial charge in [-0.15, -0.1) is 0 Å². The number of benzene rings is 8. The lowest BCUT2D eigenvalue weighted by atomic mass is 9.67. The predicted molar refractivity (Wildman–Crippen MR) is 231 cm³/mol. The highest BCUT2D eigenvalue weighted by atomic mass is 15.1. The Hall–Kier alpha value is -7.10. The van der Waals surface area contributed by atoms with E-state index in [-0.39, 0.29) is 0 Å². The van der Waals surface area contributed by atoms with Crippen molar-refractivity contribution in [2.24, 2.45) is 0 Å². The summed E-state index contributed by atoms with van der Waals surface area (Å²) in [5.74, 6) is 1.07. The molecule has 2 heterocycles.